The zero-order valence-corrected chi connectivity index (χ0v) is 13.5. The molecule has 2 heterocycles. The van der Waals surface area contributed by atoms with Crippen molar-refractivity contribution in [3.8, 4) is 0 Å². The van der Waals surface area contributed by atoms with Crippen LogP contribution in [0.5, 0.6) is 0 Å². The highest BCUT2D eigenvalue weighted by molar-refractivity contribution is 5.98. The zero-order valence-electron chi connectivity index (χ0n) is 13.5. The lowest BCUT2D eigenvalue weighted by Crippen LogP contribution is -2.39. The Morgan fingerprint density at radius 1 is 1.08 bits per heavy atom. The second-order valence-electron chi connectivity index (χ2n) is 6.72. The summed E-state index contributed by atoms with van der Waals surface area (Å²) in [5.74, 6) is -2.53. The van der Waals surface area contributed by atoms with Gasteiger partial charge in [0.15, 0.2) is 11.6 Å². The molecular weight excluding hydrogens is 316 g/mol. The quantitative estimate of drug-likeness (QED) is 0.791. The van der Waals surface area contributed by atoms with E-state index in [1.54, 1.807) is 0 Å². The fraction of sp³-hybridized carbons (Fsp3) is 0.529. The molecule has 3 rings (SSSR count). The maximum atomic E-state index is 13.5. The van der Waals surface area contributed by atoms with Gasteiger partial charge in [0.05, 0.1) is 11.4 Å². The molecule has 2 bridgehead atoms. The number of hydrogen-bond donors (Lipinski definition) is 3. The van der Waals surface area contributed by atoms with E-state index in [0.29, 0.717) is 24.4 Å². The van der Waals surface area contributed by atoms with Crippen molar-refractivity contribution in [3.63, 3.8) is 0 Å². The third-order valence-electron chi connectivity index (χ3n) is 4.69. The van der Waals surface area contributed by atoms with Gasteiger partial charge in [0.1, 0.15) is 0 Å². The van der Waals surface area contributed by atoms with Crippen LogP contribution in [0.25, 0.3) is 0 Å². The third-order valence-corrected chi connectivity index (χ3v) is 4.69. The van der Waals surface area contributed by atoms with Crippen molar-refractivity contribution in [2.24, 2.45) is 5.92 Å². The molecule has 3 N–H and O–H groups in total. The molecule has 2 atom stereocenters. The number of amides is 2. The molecule has 5 nitrogen and oxygen atoms in total. The van der Waals surface area contributed by atoms with Crippen molar-refractivity contribution in [2.75, 3.05) is 10.6 Å². The number of nitrogens with one attached hydrogen (secondary N) is 3. The van der Waals surface area contributed by atoms with Crippen LogP contribution in [-0.4, -0.2) is 23.9 Å². The van der Waals surface area contributed by atoms with E-state index in [-0.39, 0.29) is 17.3 Å². The molecule has 24 heavy (non-hydrogen) atoms. The Balaban J connectivity index is 1.67. The van der Waals surface area contributed by atoms with Gasteiger partial charge in [-0.15, -0.1) is 0 Å². The molecule has 2 unspecified atom stereocenters. The summed E-state index contributed by atoms with van der Waals surface area (Å²) in [6, 6.07) is 2.74. The lowest BCUT2D eigenvalue weighted by molar-refractivity contribution is -0.117. The number of carbonyl (C=O) groups is 2. The summed E-state index contributed by atoms with van der Waals surface area (Å²) in [4.78, 5) is 23.5. The van der Waals surface area contributed by atoms with Crippen molar-refractivity contribution >= 4 is 23.2 Å². The summed E-state index contributed by atoms with van der Waals surface area (Å²) in [5, 5.41) is 8.52. The van der Waals surface area contributed by atoms with E-state index in [0.717, 1.165) is 37.8 Å². The van der Waals surface area contributed by atoms with Crippen LogP contribution in [0.3, 0.4) is 0 Å². The van der Waals surface area contributed by atoms with Crippen LogP contribution in [0, 0.1) is 17.6 Å². The van der Waals surface area contributed by atoms with Gasteiger partial charge in [0.25, 0.3) is 0 Å². The number of benzene rings is 1. The van der Waals surface area contributed by atoms with Gasteiger partial charge in [0.2, 0.25) is 11.8 Å². The van der Waals surface area contributed by atoms with E-state index in [2.05, 4.69) is 16.0 Å². The van der Waals surface area contributed by atoms with E-state index in [1.165, 1.54) is 6.92 Å². The van der Waals surface area contributed by atoms with E-state index in [9.17, 15) is 18.4 Å². The molecule has 130 valence electrons. The van der Waals surface area contributed by atoms with Gasteiger partial charge in [-0.3, -0.25) is 9.59 Å². The monoisotopic (exact) mass is 337 g/mol. The first-order chi connectivity index (χ1) is 11.4. The largest absolute Gasteiger partial charge is 0.324 e. The van der Waals surface area contributed by atoms with Gasteiger partial charge >= 0.3 is 0 Å². The van der Waals surface area contributed by atoms with Crippen LogP contribution < -0.4 is 16.0 Å². The van der Waals surface area contributed by atoms with Crippen LogP contribution in [0.4, 0.5) is 20.2 Å². The number of rotatable bonds is 4. The van der Waals surface area contributed by atoms with Crippen LogP contribution in [0.2, 0.25) is 0 Å². The van der Waals surface area contributed by atoms with Crippen molar-refractivity contribution in [2.45, 2.75) is 51.1 Å². The first kappa shape index (κ1) is 16.8. The van der Waals surface area contributed by atoms with Gasteiger partial charge in [-0.25, -0.2) is 8.78 Å². The zero-order chi connectivity index (χ0) is 17.3. The Bertz CT molecular complexity index is 653. The number of fused-ring (bicyclic) bond motifs is 2. The summed E-state index contributed by atoms with van der Waals surface area (Å²) in [6.45, 7) is 1.26. The summed E-state index contributed by atoms with van der Waals surface area (Å²) in [6.07, 6.45) is 4.56. The van der Waals surface area contributed by atoms with Crippen LogP contribution >= 0.6 is 0 Å². The molecule has 1 aromatic rings. The molecule has 0 aliphatic carbocycles. The Morgan fingerprint density at radius 2 is 1.62 bits per heavy atom. The molecule has 2 aliphatic rings. The fourth-order valence-corrected chi connectivity index (χ4v) is 3.75. The van der Waals surface area contributed by atoms with Crippen molar-refractivity contribution in [3.05, 3.63) is 23.8 Å². The second kappa shape index (κ2) is 6.84. The fourth-order valence-electron chi connectivity index (χ4n) is 3.75. The first-order valence-electron chi connectivity index (χ1n) is 8.23. The van der Waals surface area contributed by atoms with Crippen LogP contribution in [0.1, 0.15) is 39.0 Å². The minimum Gasteiger partial charge on any atom is -0.324 e. The summed E-state index contributed by atoms with van der Waals surface area (Å²) in [5.41, 5.74) is 0.131. The molecule has 0 aromatic heterocycles. The van der Waals surface area contributed by atoms with Gasteiger partial charge in [-0.05, 0) is 31.6 Å². The van der Waals surface area contributed by atoms with Crippen molar-refractivity contribution in [1.82, 2.24) is 5.32 Å². The maximum Gasteiger partial charge on any atom is 0.224 e. The maximum absolute atomic E-state index is 13.5. The van der Waals surface area contributed by atoms with Gasteiger partial charge < -0.3 is 16.0 Å². The molecule has 2 aliphatic heterocycles. The van der Waals surface area contributed by atoms with Crippen LogP contribution in [-0.2, 0) is 9.59 Å². The summed E-state index contributed by atoms with van der Waals surface area (Å²) >= 11 is 0. The lowest BCUT2D eigenvalue weighted by atomic mass is 9.89. The van der Waals surface area contributed by atoms with Gasteiger partial charge in [0, 0.05) is 37.6 Å². The Hall–Kier alpha value is -2.02. The average Bonchev–Trinajstić information content (AvgIpc) is 2.82. The highest BCUT2D eigenvalue weighted by Crippen LogP contribution is 2.33. The minimum absolute atomic E-state index is 0.0557. The van der Waals surface area contributed by atoms with Gasteiger partial charge in [-0.1, -0.05) is 0 Å². The molecule has 7 heteroatoms. The van der Waals surface area contributed by atoms with E-state index < -0.39 is 17.5 Å². The number of hydrogen-bond acceptors (Lipinski definition) is 3. The van der Waals surface area contributed by atoms with Crippen molar-refractivity contribution < 1.29 is 18.4 Å². The Morgan fingerprint density at radius 3 is 2.17 bits per heavy atom. The topological polar surface area (TPSA) is 70.2 Å². The second-order valence-corrected chi connectivity index (χ2v) is 6.72. The van der Waals surface area contributed by atoms with Crippen molar-refractivity contribution in [1.29, 1.82) is 0 Å². The molecule has 0 saturated carbocycles. The Labute approximate surface area is 139 Å². The summed E-state index contributed by atoms with van der Waals surface area (Å²) in [7, 11) is 0. The Kier molecular flexibility index (Phi) is 4.80. The average molecular weight is 337 g/mol. The number of piperidine rings is 1. The van der Waals surface area contributed by atoms with E-state index in [4.69, 9.17) is 0 Å². The lowest BCUT2D eigenvalue weighted by Gasteiger charge is -2.28. The predicted molar refractivity (Wildman–Crippen MR) is 86.6 cm³/mol. The molecule has 0 radical (unpaired) electrons. The minimum atomic E-state index is -1.08. The molecule has 2 fully saturated rings. The van der Waals surface area contributed by atoms with E-state index in [1.807, 2.05) is 0 Å². The van der Waals surface area contributed by atoms with Gasteiger partial charge in [-0.2, -0.15) is 0 Å². The molecule has 2 amide bonds. The SMILES string of the molecule is CC(=O)Nc1cc(F)c(F)cc1NC(=O)CC1CC2CCC(C1)N2. The van der Waals surface area contributed by atoms with Crippen LogP contribution in [0.15, 0.2) is 12.1 Å². The highest BCUT2D eigenvalue weighted by Gasteiger charge is 2.34. The number of anilines is 2. The summed E-state index contributed by atoms with van der Waals surface area (Å²) < 4.78 is 26.8. The molecule has 0 spiro atoms. The predicted octanol–water partition coefficient (Wildman–Crippen LogP) is 2.78. The smallest absolute Gasteiger partial charge is 0.224 e. The number of halogens is 2. The molecule has 1 aromatic carbocycles. The number of carbonyl (C=O) groups excluding carboxylic acids is 2. The normalized spacial score (nSPS) is 25.4. The third kappa shape index (κ3) is 3.90. The molecule has 2 saturated heterocycles. The molecular formula is C17H21F2N3O2. The highest BCUT2D eigenvalue weighted by atomic mass is 19.2. The standard InChI is InChI=1S/C17H21F2N3O2/c1-9(23)20-15-7-13(18)14(19)8-16(15)22-17(24)6-10-4-11-2-3-12(5-10)21-11/h7-8,10-12,21H,2-6H2,1H3,(H,20,23)(H,22,24). The van der Waals surface area contributed by atoms with E-state index >= 15 is 0 Å². The first-order valence-corrected chi connectivity index (χ1v) is 8.23.